The summed E-state index contributed by atoms with van der Waals surface area (Å²) in [5.74, 6) is 0.135. The van der Waals surface area contributed by atoms with E-state index in [1.165, 1.54) is 12.8 Å². The highest BCUT2D eigenvalue weighted by Gasteiger charge is 2.49. The van der Waals surface area contributed by atoms with Gasteiger partial charge in [-0.05, 0) is 25.2 Å². The number of rotatable bonds is 2. The number of hydrogen-bond donors (Lipinski definition) is 1. The van der Waals surface area contributed by atoms with Gasteiger partial charge in [0.25, 0.3) is 0 Å². The van der Waals surface area contributed by atoms with Crippen molar-refractivity contribution in [2.24, 2.45) is 11.1 Å². The lowest BCUT2D eigenvalue weighted by Gasteiger charge is -2.43. The van der Waals surface area contributed by atoms with Crippen LogP contribution in [0.25, 0.3) is 0 Å². The first-order chi connectivity index (χ1) is 5.54. The summed E-state index contributed by atoms with van der Waals surface area (Å²) in [4.78, 5) is 13.2. The normalized spacial score (nSPS) is 34.4. The zero-order chi connectivity index (χ0) is 8.93. The largest absolute Gasteiger partial charge is 0.336 e. The minimum absolute atomic E-state index is 0.135. The maximum absolute atomic E-state index is 11.3. The molecule has 0 aromatic carbocycles. The Balaban J connectivity index is 1.98. The number of nitrogens with two attached hydrogens (primary N) is 1. The van der Waals surface area contributed by atoms with Crippen molar-refractivity contribution < 1.29 is 4.79 Å². The van der Waals surface area contributed by atoms with Gasteiger partial charge in [-0.1, -0.05) is 6.92 Å². The monoisotopic (exact) mass is 168 g/mol. The van der Waals surface area contributed by atoms with Crippen molar-refractivity contribution in [2.75, 3.05) is 6.54 Å². The van der Waals surface area contributed by atoms with E-state index in [9.17, 15) is 4.79 Å². The molecule has 0 aromatic rings. The second-order valence-corrected chi connectivity index (χ2v) is 4.43. The van der Waals surface area contributed by atoms with Crippen LogP contribution in [0.15, 0.2) is 0 Å². The summed E-state index contributed by atoms with van der Waals surface area (Å²) in [5, 5.41) is 0. The highest BCUT2D eigenvalue weighted by molar-refractivity contribution is 5.88. The Hall–Kier alpha value is -0.570. The second kappa shape index (κ2) is 2.22. The Morgan fingerprint density at radius 1 is 1.67 bits per heavy atom. The number of hydrogen-bond acceptors (Lipinski definition) is 2. The van der Waals surface area contributed by atoms with Crippen LogP contribution in [0.3, 0.4) is 0 Å². The Morgan fingerprint density at radius 2 is 2.25 bits per heavy atom. The van der Waals surface area contributed by atoms with Crippen LogP contribution in [0, 0.1) is 5.41 Å². The van der Waals surface area contributed by atoms with Gasteiger partial charge in [0.2, 0.25) is 5.91 Å². The maximum Gasteiger partial charge on any atom is 0.241 e. The molecule has 3 heteroatoms. The fraction of sp³-hybridized carbons (Fsp3) is 0.889. The topological polar surface area (TPSA) is 46.3 Å². The van der Waals surface area contributed by atoms with Crippen LogP contribution in [-0.2, 0) is 4.79 Å². The molecule has 1 heterocycles. The third kappa shape index (κ3) is 0.959. The lowest BCUT2D eigenvalue weighted by atomic mass is 9.94. The number of nitrogens with zero attached hydrogens (tertiary/aromatic N) is 1. The zero-order valence-electron chi connectivity index (χ0n) is 7.71. The molecule has 0 bridgehead atoms. The Morgan fingerprint density at radius 3 is 2.58 bits per heavy atom. The third-order valence-corrected chi connectivity index (χ3v) is 3.51. The molecule has 68 valence electrons. The molecule has 2 fully saturated rings. The van der Waals surface area contributed by atoms with E-state index >= 15 is 0 Å². The first-order valence-corrected chi connectivity index (χ1v) is 4.61. The lowest BCUT2D eigenvalue weighted by Crippen LogP contribution is -2.64. The Bertz CT molecular complexity index is 223. The van der Waals surface area contributed by atoms with Gasteiger partial charge >= 0.3 is 0 Å². The van der Waals surface area contributed by atoms with Gasteiger partial charge in [-0.2, -0.15) is 0 Å². The SMILES string of the molecule is C[C@@H](N1C[C@@H](N)C1=O)C1(C)CC1. The molecule has 2 atom stereocenters. The lowest BCUT2D eigenvalue weighted by molar-refractivity contribution is -0.147. The molecule has 1 aliphatic carbocycles. The van der Waals surface area contributed by atoms with Crippen molar-refractivity contribution in [3.63, 3.8) is 0 Å². The van der Waals surface area contributed by atoms with E-state index in [2.05, 4.69) is 13.8 Å². The molecule has 12 heavy (non-hydrogen) atoms. The van der Waals surface area contributed by atoms with Crippen LogP contribution >= 0.6 is 0 Å². The van der Waals surface area contributed by atoms with Crippen molar-refractivity contribution in [3.05, 3.63) is 0 Å². The van der Waals surface area contributed by atoms with Crippen LogP contribution in [0.4, 0.5) is 0 Å². The van der Waals surface area contributed by atoms with Gasteiger partial charge in [0, 0.05) is 12.6 Å². The van der Waals surface area contributed by atoms with Gasteiger partial charge in [0.1, 0.15) is 6.04 Å². The van der Waals surface area contributed by atoms with Gasteiger partial charge in [-0.15, -0.1) is 0 Å². The van der Waals surface area contributed by atoms with Crippen LogP contribution in [0.5, 0.6) is 0 Å². The molecule has 0 radical (unpaired) electrons. The Labute approximate surface area is 72.9 Å². The van der Waals surface area contributed by atoms with Gasteiger partial charge in [0.15, 0.2) is 0 Å². The van der Waals surface area contributed by atoms with Crippen molar-refractivity contribution in [3.8, 4) is 0 Å². The Kier molecular flexibility index (Phi) is 1.49. The zero-order valence-corrected chi connectivity index (χ0v) is 7.71. The van der Waals surface area contributed by atoms with Crippen LogP contribution < -0.4 is 5.73 Å². The van der Waals surface area contributed by atoms with E-state index < -0.39 is 0 Å². The summed E-state index contributed by atoms with van der Waals surface area (Å²) < 4.78 is 0. The molecule has 0 aromatic heterocycles. The molecule has 1 amide bonds. The first kappa shape index (κ1) is 8.05. The molecule has 2 aliphatic rings. The molecule has 2 N–H and O–H groups in total. The molecule has 3 nitrogen and oxygen atoms in total. The van der Waals surface area contributed by atoms with Gasteiger partial charge in [-0.3, -0.25) is 4.79 Å². The van der Waals surface area contributed by atoms with Crippen molar-refractivity contribution in [1.29, 1.82) is 0 Å². The minimum Gasteiger partial charge on any atom is -0.336 e. The summed E-state index contributed by atoms with van der Waals surface area (Å²) in [6.07, 6.45) is 2.51. The molecule has 1 aliphatic heterocycles. The number of amides is 1. The summed E-state index contributed by atoms with van der Waals surface area (Å²) in [5.41, 5.74) is 5.92. The van der Waals surface area contributed by atoms with E-state index in [4.69, 9.17) is 5.73 Å². The van der Waals surface area contributed by atoms with E-state index in [0.717, 1.165) is 6.54 Å². The predicted molar refractivity (Wildman–Crippen MR) is 46.5 cm³/mol. The summed E-state index contributed by atoms with van der Waals surface area (Å²) in [6, 6.07) is 0.180. The van der Waals surface area contributed by atoms with Crippen molar-refractivity contribution in [2.45, 2.75) is 38.8 Å². The number of carbonyl (C=O) groups is 1. The molecule has 1 saturated carbocycles. The fourth-order valence-corrected chi connectivity index (χ4v) is 1.82. The summed E-state index contributed by atoms with van der Waals surface area (Å²) >= 11 is 0. The fourth-order valence-electron chi connectivity index (χ4n) is 1.82. The molecule has 0 unspecified atom stereocenters. The third-order valence-electron chi connectivity index (χ3n) is 3.51. The van der Waals surface area contributed by atoms with E-state index in [0.29, 0.717) is 11.5 Å². The van der Waals surface area contributed by atoms with Crippen LogP contribution in [0.1, 0.15) is 26.7 Å². The number of carbonyl (C=O) groups excluding carboxylic acids is 1. The van der Waals surface area contributed by atoms with Crippen molar-refractivity contribution in [1.82, 2.24) is 4.90 Å². The predicted octanol–water partition coefficient (Wildman–Crippen LogP) is 0.344. The first-order valence-electron chi connectivity index (χ1n) is 4.61. The summed E-state index contributed by atoms with van der Waals surface area (Å²) in [6.45, 7) is 5.14. The van der Waals surface area contributed by atoms with Crippen LogP contribution in [-0.4, -0.2) is 29.4 Å². The van der Waals surface area contributed by atoms with E-state index in [1.807, 2.05) is 4.90 Å². The molecular formula is C9H16N2O. The van der Waals surface area contributed by atoms with Gasteiger partial charge in [-0.25, -0.2) is 0 Å². The standard InChI is InChI=1S/C9H16N2O/c1-6(9(2)3-4-9)11-5-7(10)8(11)12/h6-7H,3-5,10H2,1-2H3/t6-,7-/m1/s1. The molecule has 2 rings (SSSR count). The number of likely N-dealkylation sites (tertiary alicyclic amines) is 1. The number of β-lactam (4-membered cyclic amide) rings is 1. The molecular weight excluding hydrogens is 152 g/mol. The highest BCUT2D eigenvalue weighted by Crippen LogP contribution is 2.50. The van der Waals surface area contributed by atoms with E-state index in [1.54, 1.807) is 0 Å². The van der Waals surface area contributed by atoms with Crippen molar-refractivity contribution >= 4 is 5.91 Å². The molecule has 0 spiro atoms. The maximum atomic E-state index is 11.3. The van der Waals surface area contributed by atoms with Gasteiger partial charge < -0.3 is 10.6 Å². The summed E-state index contributed by atoms with van der Waals surface area (Å²) in [7, 11) is 0. The molecule has 1 saturated heterocycles. The minimum atomic E-state index is -0.213. The average Bonchev–Trinajstić information content (AvgIpc) is 2.78. The van der Waals surface area contributed by atoms with Crippen LogP contribution in [0.2, 0.25) is 0 Å². The highest BCUT2D eigenvalue weighted by atomic mass is 16.2. The average molecular weight is 168 g/mol. The van der Waals surface area contributed by atoms with Gasteiger partial charge in [0.05, 0.1) is 0 Å². The van der Waals surface area contributed by atoms with E-state index in [-0.39, 0.29) is 11.9 Å². The quantitative estimate of drug-likeness (QED) is 0.604. The smallest absolute Gasteiger partial charge is 0.241 e. The second-order valence-electron chi connectivity index (χ2n) is 4.43.